The van der Waals surface area contributed by atoms with Crippen molar-refractivity contribution in [1.29, 1.82) is 0 Å². The van der Waals surface area contributed by atoms with E-state index in [0.717, 1.165) is 10.3 Å². The number of rotatable bonds is 2. The molecule has 86 valence electrons. The Balaban J connectivity index is 2.36. The first-order valence-electron chi connectivity index (χ1n) is 4.93. The van der Waals surface area contributed by atoms with Crippen molar-refractivity contribution < 1.29 is 9.63 Å². The predicted molar refractivity (Wildman–Crippen MR) is 65.4 cm³/mol. The lowest BCUT2D eigenvalue weighted by atomic mass is 10.2. The van der Waals surface area contributed by atoms with Gasteiger partial charge in [0.25, 0.3) is 6.20 Å². The molecule has 5 heteroatoms. The summed E-state index contributed by atoms with van der Waals surface area (Å²) < 4.78 is 1.47. The largest absolute Gasteiger partial charge is 0.428 e. The Bertz CT molecular complexity index is 620. The van der Waals surface area contributed by atoms with Gasteiger partial charge >= 0.3 is 0 Å². The molecule has 0 saturated heterocycles. The molecule has 2 rings (SSSR count). The van der Waals surface area contributed by atoms with Crippen LogP contribution in [-0.2, 0) is 0 Å². The Kier molecular flexibility index (Phi) is 3.25. The van der Waals surface area contributed by atoms with E-state index in [0.29, 0.717) is 15.1 Å². The molecule has 0 atom stereocenters. The fourth-order valence-electron chi connectivity index (χ4n) is 1.35. The molecule has 0 fully saturated rings. The van der Waals surface area contributed by atoms with Crippen LogP contribution in [-0.4, -0.2) is 9.94 Å². The number of nitrogens with zero attached hydrogens (tertiary/aromatic N) is 2. The molecule has 17 heavy (non-hydrogen) atoms. The minimum Gasteiger partial charge on any atom is -0.428 e. The second-order valence-electron chi connectivity index (χ2n) is 3.41. The molecule has 2 aromatic rings. The second-order valence-corrected chi connectivity index (χ2v) is 3.82. The Hall–Kier alpha value is -2.07. The average Bonchev–Trinajstić information content (AvgIpc) is 2.32. The predicted octanol–water partition coefficient (Wildman–Crippen LogP) is 2.46. The monoisotopic (exact) mass is 249 g/mol. The highest BCUT2D eigenvalue weighted by atomic mass is 35.5. The fourth-order valence-corrected chi connectivity index (χ4v) is 1.55. The maximum atomic E-state index is 11.1. The lowest BCUT2D eigenvalue weighted by molar-refractivity contribution is -0.496. The summed E-state index contributed by atoms with van der Waals surface area (Å²) in [7, 11) is 0. The molecule has 0 saturated carbocycles. The SMILES string of the molecule is O=[n+]1ccn(O)c(/C=C/c2ccccc2Cl)c1. The fraction of sp³-hybridized carbons (Fsp3) is 0. The van der Waals surface area contributed by atoms with E-state index in [-0.39, 0.29) is 0 Å². The van der Waals surface area contributed by atoms with Crippen molar-refractivity contribution in [1.82, 2.24) is 4.73 Å². The number of halogens is 1. The third-order valence-corrected chi connectivity index (χ3v) is 2.56. The van der Waals surface area contributed by atoms with Gasteiger partial charge < -0.3 is 5.21 Å². The quantitative estimate of drug-likeness (QED) is 0.657. The summed E-state index contributed by atoms with van der Waals surface area (Å²) in [6.07, 6.45) is 7.06. The average molecular weight is 250 g/mol. The molecule has 1 aromatic heterocycles. The van der Waals surface area contributed by atoms with Gasteiger partial charge in [-0.05, 0) is 17.7 Å². The molecule has 0 unspecified atom stereocenters. The molecule has 0 aliphatic rings. The molecular weight excluding hydrogens is 240 g/mol. The van der Waals surface area contributed by atoms with Crippen LogP contribution >= 0.6 is 11.6 Å². The molecule has 0 radical (unpaired) electrons. The molecule has 0 spiro atoms. The minimum absolute atomic E-state index is 0.363. The van der Waals surface area contributed by atoms with E-state index in [9.17, 15) is 10.1 Å². The summed E-state index contributed by atoms with van der Waals surface area (Å²) >= 11 is 5.97. The normalized spacial score (nSPS) is 10.9. The summed E-state index contributed by atoms with van der Waals surface area (Å²) in [4.78, 5) is 11.1. The molecule has 1 aromatic carbocycles. The third-order valence-electron chi connectivity index (χ3n) is 2.22. The van der Waals surface area contributed by atoms with Crippen LogP contribution < -0.4 is 4.43 Å². The molecule has 0 amide bonds. The van der Waals surface area contributed by atoms with Gasteiger partial charge in [-0.25, -0.2) is 0 Å². The summed E-state index contributed by atoms with van der Waals surface area (Å²) in [6, 6.07) is 7.30. The van der Waals surface area contributed by atoms with Crippen molar-refractivity contribution in [3.05, 3.63) is 64.0 Å². The maximum absolute atomic E-state index is 11.1. The van der Waals surface area contributed by atoms with Gasteiger partial charge in [-0.2, -0.15) is 4.73 Å². The first kappa shape index (κ1) is 11.4. The van der Waals surface area contributed by atoms with E-state index in [1.807, 2.05) is 18.2 Å². The first-order chi connectivity index (χ1) is 8.16. The smallest absolute Gasteiger partial charge is 0.254 e. The topological polar surface area (TPSA) is 48.1 Å². The molecule has 1 heterocycles. The molecule has 0 aliphatic carbocycles. The van der Waals surface area contributed by atoms with Crippen LogP contribution in [0.15, 0.2) is 42.9 Å². The van der Waals surface area contributed by atoms with Crippen LogP contribution in [0.2, 0.25) is 5.02 Å². The van der Waals surface area contributed by atoms with Crippen LogP contribution in [0.4, 0.5) is 0 Å². The van der Waals surface area contributed by atoms with Crippen molar-refractivity contribution in [2.45, 2.75) is 0 Å². The van der Waals surface area contributed by atoms with E-state index in [1.54, 1.807) is 18.2 Å². The Labute approximate surface area is 103 Å². The van der Waals surface area contributed by atoms with E-state index in [4.69, 9.17) is 11.6 Å². The zero-order valence-electron chi connectivity index (χ0n) is 8.82. The summed E-state index contributed by atoms with van der Waals surface area (Å²) in [5.41, 5.74) is 1.18. The molecule has 0 aliphatic heterocycles. The minimum atomic E-state index is 0.363. The summed E-state index contributed by atoms with van der Waals surface area (Å²) in [5, 5.41) is 10.1. The molecule has 1 N–H and O–H groups in total. The first-order valence-corrected chi connectivity index (χ1v) is 5.31. The molecule has 4 nitrogen and oxygen atoms in total. The van der Waals surface area contributed by atoms with Gasteiger partial charge in [-0.15, -0.1) is 0 Å². The number of hydrogen-bond donors (Lipinski definition) is 1. The van der Waals surface area contributed by atoms with E-state index >= 15 is 0 Å². The molecular formula is C12H10ClN2O2+. The lowest BCUT2D eigenvalue weighted by Gasteiger charge is -1.98. The van der Waals surface area contributed by atoms with Crippen molar-refractivity contribution in [2.24, 2.45) is 0 Å². The zero-order chi connectivity index (χ0) is 12.3. The third kappa shape index (κ3) is 2.73. The Morgan fingerprint density at radius 1 is 1.29 bits per heavy atom. The van der Waals surface area contributed by atoms with Gasteiger partial charge in [0.2, 0.25) is 6.20 Å². The Morgan fingerprint density at radius 3 is 2.82 bits per heavy atom. The summed E-state index contributed by atoms with van der Waals surface area (Å²) in [6.45, 7) is 0. The van der Waals surface area contributed by atoms with Crippen LogP contribution in [0.3, 0.4) is 0 Å². The summed E-state index contributed by atoms with van der Waals surface area (Å²) in [5.74, 6) is 0. The van der Waals surface area contributed by atoms with E-state index in [2.05, 4.69) is 0 Å². The van der Waals surface area contributed by atoms with Gasteiger partial charge in [-0.3, -0.25) is 0 Å². The van der Waals surface area contributed by atoms with Gasteiger partial charge in [0, 0.05) is 9.93 Å². The van der Waals surface area contributed by atoms with Crippen LogP contribution in [0.5, 0.6) is 0 Å². The lowest BCUT2D eigenvalue weighted by Crippen LogP contribution is -2.15. The van der Waals surface area contributed by atoms with Crippen LogP contribution in [0.25, 0.3) is 12.2 Å². The highest BCUT2D eigenvalue weighted by Gasteiger charge is 2.01. The van der Waals surface area contributed by atoms with Crippen molar-refractivity contribution in [3.8, 4) is 0 Å². The number of hydrogen-bond acceptors (Lipinski definition) is 2. The maximum Gasteiger partial charge on any atom is 0.254 e. The van der Waals surface area contributed by atoms with E-state index < -0.39 is 0 Å². The standard InChI is InChI=1S/C12H10ClN2O2/c13-12-4-2-1-3-10(12)5-6-11-9-14(16)7-8-15(11)17/h1-9,17H/q+1/b6-5+. The van der Waals surface area contributed by atoms with E-state index in [1.165, 1.54) is 18.6 Å². The van der Waals surface area contributed by atoms with Gasteiger partial charge in [0.1, 0.15) is 11.9 Å². The second kappa shape index (κ2) is 4.84. The van der Waals surface area contributed by atoms with Gasteiger partial charge in [-0.1, -0.05) is 35.9 Å². The van der Waals surface area contributed by atoms with Crippen LogP contribution in [0, 0.1) is 4.91 Å². The highest BCUT2D eigenvalue weighted by Crippen LogP contribution is 2.17. The number of aromatic nitrogens is 2. The van der Waals surface area contributed by atoms with Crippen LogP contribution in [0.1, 0.15) is 11.3 Å². The highest BCUT2D eigenvalue weighted by molar-refractivity contribution is 6.32. The molecule has 0 bridgehead atoms. The van der Waals surface area contributed by atoms with Gasteiger partial charge in [0.05, 0.1) is 4.43 Å². The van der Waals surface area contributed by atoms with Crippen molar-refractivity contribution in [2.75, 3.05) is 0 Å². The number of benzene rings is 1. The van der Waals surface area contributed by atoms with Gasteiger partial charge in [0.15, 0.2) is 0 Å². The zero-order valence-corrected chi connectivity index (χ0v) is 9.58. The van der Waals surface area contributed by atoms with Crippen molar-refractivity contribution in [3.63, 3.8) is 0 Å². The van der Waals surface area contributed by atoms with Crippen molar-refractivity contribution >= 4 is 23.8 Å². The Morgan fingerprint density at radius 2 is 2.06 bits per heavy atom.